The maximum Gasteiger partial charge on any atom is 0.276 e. The summed E-state index contributed by atoms with van der Waals surface area (Å²) >= 11 is 0. The minimum absolute atomic E-state index is 0.0518. The number of aromatic hydroxyl groups is 1. The maximum absolute atomic E-state index is 12.3. The highest BCUT2D eigenvalue weighted by atomic mass is 32.2. The Bertz CT molecular complexity index is 826. The maximum atomic E-state index is 12.3. The van der Waals surface area contributed by atoms with E-state index in [1.165, 1.54) is 6.07 Å². The Labute approximate surface area is 143 Å². The highest BCUT2D eigenvalue weighted by Gasteiger charge is 2.13. The Morgan fingerprint density at radius 3 is 2.33 bits per heavy atom. The van der Waals surface area contributed by atoms with Crippen molar-refractivity contribution in [1.29, 1.82) is 0 Å². The molecule has 0 bridgehead atoms. The van der Waals surface area contributed by atoms with Crippen LogP contribution in [0.25, 0.3) is 0 Å². The molecule has 0 aliphatic rings. The fourth-order valence-electron chi connectivity index (χ4n) is 2.30. The van der Waals surface area contributed by atoms with Crippen LogP contribution < -0.4 is 4.83 Å². The van der Waals surface area contributed by atoms with E-state index in [4.69, 9.17) is 0 Å². The first-order chi connectivity index (χ1) is 11.3. The first-order valence-corrected chi connectivity index (χ1v) is 9.21. The summed E-state index contributed by atoms with van der Waals surface area (Å²) in [6.45, 7) is 5.86. The molecule has 0 aromatic heterocycles. The van der Waals surface area contributed by atoms with Crippen LogP contribution in [-0.4, -0.2) is 19.2 Å². The Kier molecular flexibility index (Phi) is 5.62. The first-order valence-electron chi connectivity index (χ1n) is 7.73. The van der Waals surface area contributed by atoms with E-state index < -0.39 is 10.0 Å². The third-order valence-electron chi connectivity index (χ3n) is 3.50. The number of phenolic OH excluding ortho intramolecular Hbond substituents is 1. The van der Waals surface area contributed by atoms with Crippen molar-refractivity contribution in [3.05, 3.63) is 59.7 Å². The topological polar surface area (TPSA) is 78.8 Å². The quantitative estimate of drug-likeness (QED) is 0.622. The van der Waals surface area contributed by atoms with Crippen molar-refractivity contribution >= 4 is 15.7 Å². The molecule has 0 spiro atoms. The minimum Gasteiger partial charge on any atom is -0.507 e. The van der Waals surface area contributed by atoms with Gasteiger partial charge in [-0.1, -0.05) is 38.1 Å². The lowest BCUT2D eigenvalue weighted by Gasteiger charge is -2.08. The molecule has 0 atom stereocenters. The molecule has 0 fully saturated rings. The molecule has 0 aliphatic carbocycles. The van der Waals surface area contributed by atoms with Gasteiger partial charge in [-0.15, -0.1) is 0 Å². The second kappa shape index (κ2) is 7.49. The largest absolute Gasteiger partial charge is 0.507 e. The lowest BCUT2D eigenvalue weighted by atomic mass is 10.0. The van der Waals surface area contributed by atoms with Gasteiger partial charge < -0.3 is 5.11 Å². The van der Waals surface area contributed by atoms with Gasteiger partial charge in [0.05, 0.1) is 10.6 Å². The lowest BCUT2D eigenvalue weighted by Crippen LogP contribution is -2.20. The van der Waals surface area contributed by atoms with Crippen LogP contribution in [0.4, 0.5) is 0 Å². The van der Waals surface area contributed by atoms with Crippen molar-refractivity contribution in [2.45, 2.75) is 32.1 Å². The highest BCUT2D eigenvalue weighted by Crippen LogP contribution is 2.17. The molecule has 24 heavy (non-hydrogen) atoms. The number of nitrogens with one attached hydrogen (secondary N) is 1. The Morgan fingerprint density at radius 1 is 1.12 bits per heavy atom. The fraction of sp³-hybridized carbons (Fsp3) is 0.278. The zero-order valence-corrected chi connectivity index (χ0v) is 14.8. The molecule has 2 rings (SSSR count). The van der Waals surface area contributed by atoms with Gasteiger partial charge in [0.15, 0.2) is 0 Å². The number of hydrogen-bond acceptors (Lipinski definition) is 4. The number of para-hydroxylation sites is 1. The summed E-state index contributed by atoms with van der Waals surface area (Å²) in [4.78, 5) is 2.37. The third kappa shape index (κ3) is 4.58. The van der Waals surface area contributed by atoms with Crippen LogP contribution in [0.2, 0.25) is 0 Å². The number of phenols is 1. The Balaban J connectivity index is 2.16. The Hall–Kier alpha value is -2.34. The van der Waals surface area contributed by atoms with E-state index in [0.29, 0.717) is 17.2 Å². The van der Waals surface area contributed by atoms with Crippen LogP contribution in [0.1, 0.15) is 31.9 Å². The van der Waals surface area contributed by atoms with E-state index in [0.717, 1.165) is 12.0 Å². The number of rotatable bonds is 6. The third-order valence-corrected chi connectivity index (χ3v) is 4.73. The number of sulfonamides is 1. The van der Waals surface area contributed by atoms with Gasteiger partial charge in [0.1, 0.15) is 5.75 Å². The minimum atomic E-state index is -3.74. The number of nitrogens with zero attached hydrogens (tertiary/aromatic N) is 1. The second-order valence-electron chi connectivity index (χ2n) is 6.05. The molecule has 2 N–H and O–H groups in total. The molecule has 0 aliphatic heterocycles. The van der Waals surface area contributed by atoms with Crippen molar-refractivity contribution in [2.75, 3.05) is 0 Å². The van der Waals surface area contributed by atoms with Crippen LogP contribution in [0, 0.1) is 5.92 Å². The number of benzene rings is 2. The van der Waals surface area contributed by atoms with E-state index in [1.807, 2.05) is 12.1 Å². The first kappa shape index (κ1) is 18.0. The summed E-state index contributed by atoms with van der Waals surface area (Å²) in [6, 6.07) is 13.4. The van der Waals surface area contributed by atoms with E-state index >= 15 is 0 Å². The SMILES string of the molecule is C/C(=N\NS(=O)(=O)c1ccc(CC(C)C)cc1)c1ccccc1O. The van der Waals surface area contributed by atoms with Gasteiger partial charge in [-0.3, -0.25) is 0 Å². The van der Waals surface area contributed by atoms with Crippen molar-refractivity contribution in [3.8, 4) is 5.75 Å². The van der Waals surface area contributed by atoms with Crippen molar-refractivity contribution < 1.29 is 13.5 Å². The average molecular weight is 346 g/mol. The predicted octanol–water partition coefficient (Wildman–Crippen LogP) is 3.29. The molecule has 6 heteroatoms. The van der Waals surface area contributed by atoms with E-state index in [-0.39, 0.29) is 10.6 Å². The van der Waals surface area contributed by atoms with Gasteiger partial charge in [0.2, 0.25) is 0 Å². The number of hydrogen-bond donors (Lipinski definition) is 2. The predicted molar refractivity (Wildman–Crippen MR) is 95.6 cm³/mol. The fourth-order valence-corrected chi connectivity index (χ4v) is 3.15. The van der Waals surface area contributed by atoms with Crippen LogP contribution in [-0.2, 0) is 16.4 Å². The molecular formula is C18H22N2O3S. The monoisotopic (exact) mass is 346 g/mol. The second-order valence-corrected chi connectivity index (χ2v) is 7.71. The van der Waals surface area contributed by atoms with Gasteiger partial charge >= 0.3 is 0 Å². The van der Waals surface area contributed by atoms with Crippen molar-refractivity contribution in [2.24, 2.45) is 11.0 Å². The summed E-state index contributed by atoms with van der Waals surface area (Å²) in [6.07, 6.45) is 0.901. The Morgan fingerprint density at radius 2 is 1.75 bits per heavy atom. The molecule has 0 amide bonds. The van der Waals surface area contributed by atoms with E-state index in [9.17, 15) is 13.5 Å². The molecule has 2 aromatic carbocycles. The van der Waals surface area contributed by atoms with Crippen LogP contribution >= 0.6 is 0 Å². The normalized spacial score (nSPS) is 12.4. The molecule has 0 saturated heterocycles. The van der Waals surface area contributed by atoms with Gasteiger partial charge in [0, 0.05) is 5.56 Å². The molecule has 128 valence electrons. The highest BCUT2D eigenvalue weighted by molar-refractivity contribution is 7.89. The van der Waals surface area contributed by atoms with Crippen LogP contribution in [0.15, 0.2) is 58.5 Å². The van der Waals surface area contributed by atoms with Crippen LogP contribution in [0.5, 0.6) is 5.75 Å². The summed E-state index contributed by atoms with van der Waals surface area (Å²) in [5, 5.41) is 13.7. The molecular weight excluding hydrogens is 324 g/mol. The average Bonchev–Trinajstić information content (AvgIpc) is 2.53. The molecule has 0 radical (unpaired) electrons. The van der Waals surface area contributed by atoms with Gasteiger partial charge in [0.25, 0.3) is 10.0 Å². The van der Waals surface area contributed by atoms with Crippen molar-refractivity contribution in [3.63, 3.8) is 0 Å². The zero-order valence-electron chi connectivity index (χ0n) is 14.0. The molecule has 2 aromatic rings. The molecule has 0 heterocycles. The molecule has 5 nitrogen and oxygen atoms in total. The van der Waals surface area contributed by atoms with E-state index in [1.54, 1.807) is 37.3 Å². The summed E-state index contributed by atoms with van der Waals surface area (Å²) < 4.78 is 24.6. The smallest absolute Gasteiger partial charge is 0.276 e. The van der Waals surface area contributed by atoms with Crippen LogP contribution in [0.3, 0.4) is 0 Å². The van der Waals surface area contributed by atoms with Crippen molar-refractivity contribution in [1.82, 2.24) is 4.83 Å². The van der Waals surface area contributed by atoms with Gasteiger partial charge in [-0.2, -0.15) is 18.4 Å². The summed E-state index contributed by atoms with van der Waals surface area (Å²) in [7, 11) is -3.74. The van der Waals surface area contributed by atoms with E-state index in [2.05, 4.69) is 23.8 Å². The summed E-state index contributed by atoms with van der Waals surface area (Å²) in [5.41, 5.74) is 1.96. The zero-order chi connectivity index (χ0) is 17.7. The van der Waals surface area contributed by atoms with Gasteiger partial charge in [-0.05, 0) is 49.1 Å². The molecule has 0 unspecified atom stereocenters. The standard InChI is InChI=1S/C18H22N2O3S/c1-13(2)12-15-8-10-16(11-9-15)24(22,23)20-19-14(3)17-6-4-5-7-18(17)21/h4-11,13,20-21H,12H2,1-3H3/b19-14+. The lowest BCUT2D eigenvalue weighted by molar-refractivity contribution is 0.474. The van der Waals surface area contributed by atoms with Gasteiger partial charge in [-0.25, -0.2) is 0 Å². The molecule has 0 saturated carbocycles. The number of hydrazone groups is 1. The summed E-state index contributed by atoms with van der Waals surface area (Å²) in [5.74, 6) is 0.562.